The van der Waals surface area contributed by atoms with E-state index in [0.717, 1.165) is 46.2 Å². The number of ether oxygens (including phenoxy) is 1. The van der Waals surface area contributed by atoms with Crippen molar-refractivity contribution in [2.75, 3.05) is 31.6 Å². The molecular weight excluding hydrogens is 508 g/mol. The van der Waals surface area contributed by atoms with Crippen molar-refractivity contribution >= 4 is 34.2 Å². The number of aliphatic hydroxyl groups excluding tert-OH is 1. The Morgan fingerprint density at radius 1 is 1.07 bits per heavy atom. The molecule has 9 heteroatoms. The first kappa shape index (κ1) is 29.0. The number of methoxy groups -OCH3 is 1. The zero-order chi connectivity index (χ0) is 28.5. The van der Waals surface area contributed by atoms with Gasteiger partial charge in [0, 0.05) is 44.5 Å². The third kappa shape index (κ3) is 7.37. The van der Waals surface area contributed by atoms with Gasteiger partial charge in [0.15, 0.2) is 0 Å². The van der Waals surface area contributed by atoms with Gasteiger partial charge >= 0.3 is 0 Å². The highest BCUT2D eigenvalue weighted by molar-refractivity contribution is 5.95. The molecule has 0 spiro atoms. The molecule has 3 aromatic carbocycles. The number of rotatable bonds is 12. The van der Waals surface area contributed by atoms with Crippen molar-refractivity contribution in [2.45, 2.75) is 50.7 Å². The molecule has 5 N–H and O–H groups in total. The van der Waals surface area contributed by atoms with E-state index in [2.05, 4.69) is 10.6 Å². The zero-order valence-corrected chi connectivity index (χ0v) is 22.9. The van der Waals surface area contributed by atoms with E-state index >= 15 is 0 Å². The molecule has 212 valence electrons. The number of carbonyl (C=O) groups excluding carboxylic acids is 3. The van der Waals surface area contributed by atoms with Crippen LogP contribution in [0.1, 0.15) is 36.8 Å². The monoisotopic (exact) mass is 546 g/mol. The molecule has 2 atom stereocenters. The van der Waals surface area contributed by atoms with Crippen molar-refractivity contribution in [2.24, 2.45) is 5.73 Å². The standard InChI is InChI=1S/C31H38N4O5/c1-40-28-11-5-10-27-25(28)9-4-13-30(38)35(27)16-6-12-29(37)34-26(31(39)33-20-24(36)19-32)18-21-14-15-22-7-2-3-8-23(22)17-21/h2-3,5,7-8,10-11,14-15,17,24,26,36H,4,6,9,12-13,16,18-20,32H2,1H3,(H,33,39)(H,34,37). The highest BCUT2D eigenvalue weighted by Gasteiger charge is 2.25. The maximum atomic E-state index is 13.0. The second-order valence-corrected chi connectivity index (χ2v) is 10.1. The Bertz CT molecular complexity index is 1340. The highest BCUT2D eigenvalue weighted by atomic mass is 16.5. The molecule has 1 heterocycles. The van der Waals surface area contributed by atoms with E-state index in [-0.39, 0.29) is 31.3 Å². The Balaban J connectivity index is 1.41. The lowest BCUT2D eigenvalue weighted by Crippen LogP contribution is -2.50. The lowest BCUT2D eigenvalue weighted by atomic mass is 10.0. The molecular formula is C31H38N4O5. The Labute approximate surface area is 234 Å². The van der Waals surface area contributed by atoms with Crippen LogP contribution in [0.5, 0.6) is 5.75 Å². The van der Waals surface area contributed by atoms with Crippen LogP contribution in [0, 0.1) is 0 Å². The van der Waals surface area contributed by atoms with E-state index in [0.29, 0.717) is 25.8 Å². The summed E-state index contributed by atoms with van der Waals surface area (Å²) in [5.74, 6) is 0.114. The summed E-state index contributed by atoms with van der Waals surface area (Å²) in [5.41, 5.74) is 8.20. The number of hydrogen-bond donors (Lipinski definition) is 4. The van der Waals surface area contributed by atoms with Gasteiger partial charge in [-0.05, 0) is 47.7 Å². The maximum absolute atomic E-state index is 13.0. The lowest BCUT2D eigenvalue weighted by molar-refractivity contribution is -0.129. The number of fused-ring (bicyclic) bond motifs is 2. The summed E-state index contributed by atoms with van der Waals surface area (Å²) in [4.78, 5) is 40.6. The maximum Gasteiger partial charge on any atom is 0.243 e. The summed E-state index contributed by atoms with van der Waals surface area (Å²) < 4.78 is 5.51. The first-order valence-corrected chi connectivity index (χ1v) is 13.8. The fraction of sp³-hybridized carbons (Fsp3) is 0.387. The van der Waals surface area contributed by atoms with Crippen molar-refractivity contribution in [1.82, 2.24) is 10.6 Å². The predicted octanol–water partition coefficient (Wildman–Crippen LogP) is 2.46. The van der Waals surface area contributed by atoms with Crippen LogP contribution in [0.15, 0.2) is 60.7 Å². The quantitative estimate of drug-likeness (QED) is 0.276. The summed E-state index contributed by atoms with van der Waals surface area (Å²) in [6, 6.07) is 18.7. The normalized spacial score (nSPS) is 14.7. The molecule has 0 aliphatic carbocycles. The Hall–Kier alpha value is -3.95. The van der Waals surface area contributed by atoms with Gasteiger partial charge in [0.1, 0.15) is 11.8 Å². The van der Waals surface area contributed by atoms with Crippen molar-refractivity contribution < 1.29 is 24.2 Å². The molecule has 1 aliphatic rings. The van der Waals surface area contributed by atoms with Crippen LogP contribution in [-0.2, 0) is 27.2 Å². The highest BCUT2D eigenvalue weighted by Crippen LogP contribution is 2.34. The Kier molecular flexibility index (Phi) is 10.1. The summed E-state index contributed by atoms with van der Waals surface area (Å²) in [7, 11) is 1.62. The smallest absolute Gasteiger partial charge is 0.243 e. The third-order valence-corrected chi connectivity index (χ3v) is 7.21. The molecule has 0 radical (unpaired) electrons. The van der Waals surface area contributed by atoms with Crippen LogP contribution >= 0.6 is 0 Å². The van der Waals surface area contributed by atoms with E-state index < -0.39 is 18.1 Å². The second-order valence-electron chi connectivity index (χ2n) is 10.1. The molecule has 0 aromatic heterocycles. The average molecular weight is 547 g/mol. The van der Waals surface area contributed by atoms with Crippen molar-refractivity contribution in [3.8, 4) is 5.75 Å². The van der Waals surface area contributed by atoms with E-state index in [1.807, 2.05) is 60.7 Å². The molecule has 2 unspecified atom stereocenters. The molecule has 0 fully saturated rings. The first-order chi connectivity index (χ1) is 19.4. The molecule has 9 nitrogen and oxygen atoms in total. The van der Waals surface area contributed by atoms with Gasteiger partial charge in [0.2, 0.25) is 17.7 Å². The number of aliphatic hydroxyl groups is 1. The largest absolute Gasteiger partial charge is 0.496 e. The van der Waals surface area contributed by atoms with Crippen LogP contribution in [0.3, 0.4) is 0 Å². The number of carbonyl (C=O) groups is 3. The number of nitrogens with zero attached hydrogens (tertiary/aromatic N) is 1. The average Bonchev–Trinajstić information content (AvgIpc) is 3.13. The van der Waals surface area contributed by atoms with Crippen LogP contribution in [0.25, 0.3) is 10.8 Å². The van der Waals surface area contributed by atoms with Crippen LogP contribution < -0.4 is 26.0 Å². The number of benzene rings is 3. The lowest BCUT2D eigenvalue weighted by Gasteiger charge is -2.24. The van der Waals surface area contributed by atoms with Crippen LogP contribution in [0.2, 0.25) is 0 Å². The predicted molar refractivity (Wildman–Crippen MR) is 155 cm³/mol. The van der Waals surface area contributed by atoms with Gasteiger partial charge in [0.05, 0.1) is 18.9 Å². The van der Waals surface area contributed by atoms with Gasteiger partial charge in [-0.25, -0.2) is 0 Å². The van der Waals surface area contributed by atoms with E-state index in [9.17, 15) is 19.5 Å². The molecule has 40 heavy (non-hydrogen) atoms. The van der Waals surface area contributed by atoms with Gasteiger partial charge in [-0.1, -0.05) is 48.5 Å². The summed E-state index contributed by atoms with van der Waals surface area (Å²) in [6.07, 6.45) is 1.94. The molecule has 3 aromatic rings. The van der Waals surface area contributed by atoms with Gasteiger partial charge in [-0.2, -0.15) is 0 Å². The van der Waals surface area contributed by atoms with Crippen LogP contribution in [-0.4, -0.2) is 61.7 Å². The van der Waals surface area contributed by atoms with Gasteiger partial charge in [0.25, 0.3) is 0 Å². The van der Waals surface area contributed by atoms with E-state index in [4.69, 9.17) is 10.5 Å². The fourth-order valence-corrected chi connectivity index (χ4v) is 5.08. The zero-order valence-electron chi connectivity index (χ0n) is 22.9. The first-order valence-electron chi connectivity index (χ1n) is 13.8. The van der Waals surface area contributed by atoms with Gasteiger partial charge in [-0.3, -0.25) is 14.4 Å². The van der Waals surface area contributed by atoms with Crippen LogP contribution in [0.4, 0.5) is 5.69 Å². The molecule has 0 saturated heterocycles. The molecule has 3 amide bonds. The molecule has 0 saturated carbocycles. The molecule has 4 rings (SSSR count). The third-order valence-electron chi connectivity index (χ3n) is 7.21. The minimum atomic E-state index is -0.867. The fourth-order valence-electron chi connectivity index (χ4n) is 5.08. The minimum absolute atomic E-state index is 0.000628. The summed E-state index contributed by atoms with van der Waals surface area (Å²) in [6.45, 7) is 0.405. The Morgan fingerprint density at radius 2 is 1.88 bits per heavy atom. The van der Waals surface area contributed by atoms with Gasteiger partial charge < -0.3 is 31.1 Å². The molecule has 0 bridgehead atoms. The Morgan fingerprint density at radius 3 is 2.65 bits per heavy atom. The second kappa shape index (κ2) is 13.9. The van der Waals surface area contributed by atoms with E-state index in [1.165, 1.54) is 0 Å². The summed E-state index contributed by atoms with van der Waals surface area (Å²) >= 11 is 0. The minimum Gasteiger partial charge on any atom is -0.496 e. The molecule has 1 aliphatic heterocycles. The summed E-state index contributed by atoms with van der Waals surface area (Å²) in [5, 5.41) is 17.5. The van der Waals surface area contributed by atoms with Crippen molar-refractivity contribution in [3.63, 3.8) is 0 Å². The number of hydrogen-bond acceptors (Lipinski definition) is 6. The van der Waals surface area contributed by atoms with Gasteiger partial charge in [-0.15, -0.1) is 0 Å². The van der Waals surface area contributed by atoms with E-state index in [1.54, 1.807) is 12.0 Å². The van der Waals surface area contributed by atoms with Crippen molar-refractivity contribution in [3.05, 3.63) is 71.8 Å². The number of amides is 3. The number of nitrogens with one attached hydrogen (secondary N) is 2. The SMILES string of the molecule is COc1cccc2c1CCCC(=O)N2CCCC(=O)NC(Cc1ccc2ccccc2c1)C(=O)NCC(O)CN. The number of anilines is 1. The topological polar surface area (TPSA) is 134 Å². The number of nitrogens with two attached hydrogens (primary N) is 1. The van der Waals surface area contributed by atoms with Crippen molar-refractivity contribution in [1.29, 1.82) is 0 Å².